The summed E-state index contributed by atoms with van der Waals surface area (Å²) in [6.07, 6.45) is 0.321. The number of ether oxygens (including phenoxy) is 4. The molecule has 0 aliphatic carbocycles. The van der Waals surface area contributed by atoms with Gasteiger partial charge in [-0.1, -0.05) is 12.1 Å². The van der Waals surface area contributed by atoms with E-state index in [0.29, 0.717) is 23.6 Å². The van der Waals surface area contributed by atoms with E-state index < -0.39 is 12.2 Å². The number of cyclic esters (lactones) is 1. The van der Waals surface area contributed by atoms with Crippen molar-refractivity contribution in [3.05, 3.63) is 53.1 Å². The zero-order valence-electron chi connectivity index (χ0n) is 14.5. The summed E-state index contributed by atoms with van der Waals surface area (Å²) in [7, 11) is 4.69. The van der Waals surface area contributed by atoms with Crippen LogP contribution in [0.1, 0.15) is 27.7 Å². The standard InChI is InChI=1S/C19H21NO5/c1-22-13-6-4-12(5-7-13)10-11-20-18-14-8-9-15(23-2)17(24-3)16(14)19(21)25-18/h4-9,18,20H,10-11H2,1-3H3/t18-/m0/s1. The fourth-order valence-corrected chi connectivity index (χ4v) is 2.89. The van der Waals surface area contributed by atoms with Crippen LogP contribution in [0.15, 0.2) is 36.4 Å². The first-order valence-corrected chi connectivity index (χ1v) is 8.00. The van der Waals surface area contributed by atoms with Crippen molar-refractivity contribution in [2.45, 2.75) is 12.6 Å². The van der Waals surface area contributed by atoms with Gasteiger partial charge in [-0.3, -0.25) is 5.32 Å². The lowest BCUT2D eigenvalue weighted by atomic mass is 10.1. The molecule has 0 amide bonds. The zero-order valence-corrected chi connectivity index (χ0v) is 14.5. The number of hydrogen-bond acceptors (Lipinski definition) is 6. The Kier molecular flexibility index (Phi) is 5.09. The normalized spacial score (nSPS) is 15.5. The van der Waals surface area contributed by atoms with Gasteiger partial charge >= 0.3 is 5.97 Å². The minimum atomic E-state index is -0.486. The molecule has 0 aromatic heterocycles. The van der Waals surface area contributed by atoms with Gasteiger partial charge < -0.3 is 18.9 Å². The van der Waals surface area contributed by atoms with Gasteiger partial charge in [-0.25, -0.2) is 4.79 Å². The van der Waals surface area contributed by atoms with Crippen molar-refractivity contribution in [1.82, 2.24) is 5.32 Å². The molecule has 2 aromatic carbocycles. The van der Waals surface area contributed by atoms with Crippen molar-refractivity contribution < 1.29 is 23.7 Å². The van der Waals surface area contributed by atoms with E-state index in [-0.39, 0.29) is 0 Å². The predicted molar refractivity (Wildman–Crippen MR) is 92.4 cm³/mol. The third-order valence-corrected chi connectivity index (χ3v) is 4.19. The van der Waals surface area contributed by atoms with Crippen LogP contribution in [0, 0.1) is 0 Å². The Morgan fingerprint density at radius 3 is 2.40 bits per heavy atom. The van der Waals surface area contributed by atoms with Crippen LogP contribution in [0.25, 0.3) is 0 Å². The second kappa shape index (κ2) is 7.44. The first kappa shape index (κ1) is 17.1. The van der Waals surface area contributed by atoms with E-state index in [9.17, 15) is 4.79 Å². The Bertz CT molecular complexity index is 757. The van der Waals surface area contributed by atoms with Crippen LogP contribution in [0.5, 0.6) is 17.2 Å². The Morgan fingerprint density at radius 2 is 1.76 bits per heavy atom. The number of esters is 1. The molecule has 0 spiro atoms. The maximum Gasteiger partial charge on any atom is 0.344 e. The number of carbonyl (C=O) groups is 1. The minimum Gasteiger partial charge on any atom is -0.497 e. The van der Waals surface area contributed by atoms with E-state index >= 15 is 0 Å². The molecule has 2 aromatic rings. The largest absolute Gasteiger partial charge is 0.497 e. The number of fused-ring (bicyclic) bond motifs is 1. The van der Waals surface area contributed by atoms with Crippen LogP contribution in [-0.4, -0.2) is 33.8 Å². The van der Waals surface area contributed by atoms with E-state index in [1.807, 2.05) is 30.3 Å². The van der Waals surface area contributed by atoms with Gasteiger partial charge in [0.05, 0.1) is 21.3 Å². The Balaban J connectivity index is 1.68. The van der Waals surface area contributed by atoms with Gasteiger partial charge in [0.1, 0.15) is 11.3 Å². The highest BCUT2D eigenvalue weighted by Gasteiger charge is 2.35. The summed E-state index contributed by atoms with van der Waals surface area (Å²) >= 11 is 0. The summed E-state index contributed by atoms with van der Waals surface area (Å²) in [6, 6.07) is 11.5. The van der Waals surface area contributed by atoms with Gasteiger partial charge in [0.15, 0.2) is 17.7 Å². The van der Waals surface area contributed by atoms with Crippen molar-refractivity contribution in [3.8, 4) is 17.2 Å². The van der Waals surface area contributed by atoms with Crippen LogP contribution in [0.4, 0.5) is 0 Å². The lowest BCUT2D eigenvalue weighted by molar-refractivity contribution is 0.0309. The SMILES string of the molecule is COc1ccc(CCN[C@H]2OC(=O)c3c2ccc(OC)c3OC)cc1. The second-order valence-electron chi connectivity index (χ2n) is 5.60. The monoisotopic (exact) mass is 343 g/mol. The Hall–Kier alpha value is -2.73. The molecule has 0 saturated carbocycles. The summed E-state index contributed by atoms with van der Waals surface area (Å²) in [5, 5.41) is 3.26. The molecule has 1 aliphatic rings. The number of methoxy groups -OCH3 is 3. The molecular formula is C19H21NO5. The van der Waals surface area contributed by atoms with Crippen LogP contribution < -0.4 is 19.5 Å². The maximum absolute atomic E-state index is 12.2. The number of carbonyl (C=O) groups excluding carboxylic acids is 1. The number of hydrogen-bond donors (Lipinski definition) is 1. The fraction of sp³-hybridized carbons (Fsp3) is 0.316. The summed E-state index contributed by atoms with van der Waals surface area (Å²) in [4.78, 5) is 12.2. The quantitative estimate of drug-likeness (QED) is 0.780. The molecule has 1 N–H and O–H groups in total. The number of rotatable bonds is 7. The lowest BCUT2D eigenvalue weighted by Crippen LogP contribution is -2.23. The molecule has 1 heterocycles. The molecule has 25 heavy (non-hydrogen) atoms. The zero-order chi connectivity index (χ0) is 17.8. The van der Waals surface area contributed by atoms with Gasteiger partial charge in [0.25, 0.3) is 0 Å². The topological polar surface area (TPSA) is 66.0 Å². The van der Waals surface area contributed by atoms with Crippen molar-refractivity contribution in [2.24, 2.45) is 0 Å². The Morgan fingerprint density at radius 1 is 1.00 bits per heavy atom. The number of nitrogens with one attached hydrogen (secondary N) is 1. The van der Waals surface area contributed by atoms with Gasteiger partial charge in [-0.2, -0.15) is 0 Å². The molecular weight excluding hydrogens is 322 g/mol. The van der Waals surface area contributed by atoms with E-state index in [1.165, 1.54) is 19.8 Å². The highest BCUT2D eigenvalue weighted by molar-refractivity contribution is 5.98. The molecule has 6 heteroatoms. The Labute approximate surface area is 146 Å². The molecule has 1 aliphatic heterocycles. The van der Waals surface area contributed by atoms with E-state index in [4.69, 9.17) is 18.9 Å². The summed E-state index contributed by atoms with van der Waals surface area (Å²) < 4.78 is 21.2. The van der Waals surface area contributed by atoms with Gasteiger partial charge in [0, 0.05) is 12.1 Å². The fourth-order valence-electron chi connectivity index (χ4n) is 2.89. The van der Waals surface area contributed by atoms with E-state index in [2.05, 4.69) is 5.32 Å². The molecule has 132 valence electrons. The molecule has 0 saturated heterocycles. The van der Waals surface area contributed by atoms with Crippen LogP contribution in [-0.2, 0) is 11.2 Å². The third-order valence-electron chi connectivity index (χ3n) is 4.19. The van der Waals surface area contributed by atoms with Crippen LogP contribution in [0.3, 0.4) is 0 Å². The summed E-state index contributed by atoms with van der Waals surface area (Å²) in [5.41, 5.74) is 2.35. The van der Waals surface area contributed by atoms with Crippen LogP contribution in [0.2, 0.25) is 0 Å². The van der Waals surface area contributed by atoms with Crippen molar-refractivity contribution in [2.75, 3.05) is 27.9 Å². The van der Waals surface area contributed by atoms with Crippen molar-refractivity contribution in [1.29, 1.82) is 0 Å². The van der Waals surface area contributed by atoms with Crippen LogP contribution >= 0.6 is 0 Å². The first-order chi connectivity index (χ1) is 12.2. The predicted octanol–water partition coefficient (Wildman–Crippen LogP) is 2.71. The van der Waals surface area contributed by atoms with E-state index in [1.54, 1.807) is 13.2 Å². The summed E-state index contributed by atoms with van der Waals surface area (Å²) in [5.74, 6) is 1.34. The average molecular weight is 343 g/mol. The lowest BCUT2D eigenvalue weighted by Gasteiger charge is -2.14. The van der Waals surface area contributed by atoms with Gasteiger partial charge in [-0.15, -0.1) is 0 Å². The number of benzene rings is 2. The molecule has 0 bridgehead atoms. The molecule has 0 radical (unpaired) electrons. The smallest absolute Gasteiger partial charge is 0.344 e. The molecule has 0 unspecified atom stereocenters. The first-order valence-electron chi connectivity index (χ1n) is 8.00. The minimum absolute atomic E-state index is 0.407. The maximum atomic E-state index is 12.2. The average Bonchev–Trinajstić information content (AvgIpc) is 2.97. The molecule has 1 atom stereocenters. The second-order valence-corrected chi connectivity index (χ2v) is 5.60. The third kappa shape index (κ3) is 3.39. The van der Waals surface area contributed by atoms with Crippen molar-refractivity contribution >= 4 is 5.97 Å². The molecule has 0 fully saturated rings. The van der Waals surface area contributed by atoms with E-state index in [0.717, 1.165) is 17.7 Å². The van der Waals surface area contributed by atoms with Gasteiger partial charge in [0.2, 0.25) is 0 Å². The van der Waals surface area contributed by atoms with Gasteiger partial charge in [-0.05, 0) is 36.2 Å². The highest BCUT2D eigenvalue weighted by atomic mass is 16.6. The summed E-state index contributed by atoms with van der Waals surface area (Å²) in [6.45, 7) is 0.665. The highest BCUT2D eigenvalue weighted by Crippen LogP contribution is 2.40. The molecule has 3 rings (SSSR count). The van der Waals surface area contributed by atoms with Crippen molar-refractivity contribution in [3.63, 3.8) is 0 Å². The molecule has 6 nitrogen and oxygen atoms in total.